The first-order chi connectivity index (χ1) is 13.8. The molecule has 3 N–H and O–H groups in total. The lowest BCUT2D eigenvalue weighted by molar-refractivity contribution is -0.142. The summed E-state index contributed by atoms with van der Waals surface area (Å²) in [7, 11) is 0. The Balaban J connectivity index is 1.99. The van der Waals surface area contributed by atoms with Crippen molar-refractivity contribution in [1.82, 2.24) is 10.6 Å². The molecule has 7 heteroatoms. The molecule has 4 bridgehead atoms. The fourth-order valence-corrected chi connectivity index (χ4v) is 3.18. The Morgan fingerprint density at radius 2 is 1.83 bits per heavy atom. The van der Waals surface area contributed by atoms with Gasteiger partial charge in [0.15, 0.2) is 0 Å². The molecule has 0 unspecified atom stereocenters. The molecule has 7 nitrogen and oxygen atoms in total. The molecule has 0 saturated heterocycles. The van der Waals surface area contributed by atoms with Crippen LogP contribution in [0.3, 0.4) is 0 Å². The number of hydrogen-bond donors (Lipinski definition) is 3. The van der Waals surface area contributed by atoms with Crippen LogP contribution in [0.4, 0.5) is 0 Å². The van der Waals surface area contributed by atoms with E-state index in [0.29, 0.717) is 23.5 Å². The molecule has 2 atom stereocenters. The third-order valence-corrected chi connectivity index (χ3v) is 4.64. The summed E-state index contributed by atoms with van der Waals surface area (Å²) in [6, 6.07) is 11.7. The van der Waals surface area contributed by atoms with E-state index < -0.39 is 29.9 Å². The Hall–Kier alpha value is -3.35. The second-order valence-corrected chi connectivity index (χ2v) is 7.53. The number of amides is 2. The summed E-state index contributed by atoms with van der Waals surface area (Å²) in [6.45, 7) is 3.86. The Morgan fingerprint density at radius 1 is 1.10 bits per heavy atom. The summed E-state index contributed by atoms with van der Waals surface area (Å²) in [5, 5.41) is 14.9. The Labute approximate surface area is 169 Å². The van der Waals surface area contributed by atoms with E-state index in [9.17, 15) is 19.5 Å². The van der Waals surface area contributed by atoms with Crippen molar-refractivity contribution < 1.29 is 24.2 Å². The number of carbonyl (C=O) groups excluding carboxylic acids is 2. The first-order valence-electron chi connectivity index (χ1n) is 9.52. The van der Waals surface area contributed by atoms with Crippen molar-refractivity contribution in [2.75, 3.05) is 0 Å². The van der Waals surface area contributed by atoms with Crippen LogP contribution >= 0.6 is 0 Å². The molecule has 0 radical (unpaired) electrons. The second-order valence-electron chi connectivity index (χ2n) is 7.53. The molecule has 0 spiro atoms. The number of carboxylic acid groups (broad SMARTS) is 1. The van der Waals surface area contributed by atoms with Gasteiger partial charge >= 0.3 is 5.97 Å². The van der Waals surface area contributed by atoms with E-state index in [1.807, 2.05) is 13.8 Å². The highest BCUT2D eigenvalue weighted by molar-refractivity contribution is 5.98. The number of hydrogen-bond acceptors (Lipinski definition) is 4. The quantitative estimate of drug-likeness (QED) is 0.740. The van der Waals surface area contributed by atoms with Gasteiger partial charge in [0.2, 0.25) is 5.91 Å². The lowest BCUT2D eigenvalue weighted by Gasteiger charge is -2.23. The van der Waals surface area contributed by atoms with Crippen molar-refractivity contribution in [3.63, 3.8) is 0 Å². The van der Waals surface area contributed by atoms with Gasteiger partial charge in [-0.3, -0.25) is 9.59 Å². The molecule has 2 aliphatic heterocycles. The van der Waals surface area contributed by atoms with Crippen molar-refractivity contribution in [2.24, 2.45) is 5.92 Å². The van der Waals surface area contributed by atoms with Gasteiger partial charge in [0.05, 0.1) is 0 Å². The first kappa shape index (κ1) is 20.4. The average Bonchev–Trinajstić information content (AvgIpc) is 2.67. The number of carbonyl (C=O) groups is 3. The SMILES string of the molecule is CC(C)C[C@@H]1NC(=O)c2cccc(c2)Oc2ccc(cc2)C[C@@H](C(=O)O)NC1=O. The van der Waals surface area contributed by atoms with E-state index in [1.54, 1.807) is 48.5 Å². The van der Waals surface area contributed by atoms with Gasteiger partial charge in [-0.2, -0.15) is 0 Å². The van der Waals surface area contributed by atoms with E-state index in [-0.39, 0.29) is 12.3 Å². The third kappa shape index (κ3) is 5.34. The van der Waals surface area contributed by atoms with Crippen LogP contribution in [-0.2, 0) is 16.0 Å². The smallest absolute Gasteiger partial charge is 0.326 e. The van der Waals surface area contributed by atoms with Crippen LogP contribution in [0.5, 0.6) is 11.5 Å². The van der Waals surface area contributed by atoms with E-state index >= 15 is 0 Å². The van der Waals surface area contributed by atoms with Crippen LogP contribution in [0.15, 0.2) is 48.5 Å². The summed E-state index contributed by atoms with van der Waals surface area (Å²) in [5.74, 6) is -0.892. The number of fused-ring (bicyclic) bond motifs is 8. The van der Waals surface area contributed by atoms with E-state index in [0.717, 1.165) is 5.56 Å². The van der Waals surface area contributed by atoms with Crippen LogP contribution in [0.25, 0.3) is 0 Å². The fraction of sp³-hybridized carbons (Fsp3) is 0.318. The predicted octanol–water partition coefficient (Wildman–Crippen LogP) is 2.75. The molecule has 2 aromatic rings. The first-order valence-corrected chi connectivity index (χ1v) is 9.52. The molecule has 2 heterocycles. The molecule has 0 fully saturated rings. The normalized spacial score (nSPS) is 19.6. The lowest BCUT2D eigenvalue weighted by Crippen LogP contribution is -2.52. The maximum atomic E-state index is 12.8. The lowest BCUT2D eigenvalue weighted by atomic mass is 10.0. The standard InChI is InChI=1S/C22H24N2O5/c1-13(2)10-18-21(26)24-19(22(27)28)11-14-6-8-16(9-7-14)29-17-5-3-4-15(12-17)20(25)23-18/h3-9,12-13,18-19H,10-11H2,1-2H3,(H,23,25)(H,24,26)(H,27,28)/t18-,19-/m0/s1. The summed E-state index contributed by atoms with van der Waals surface area (Å²) in [4.78, 5) is 37.2. The van der Waals surface area contributed by atoms with Gasteiger partial charge in [-0.25, -0.2) is 4.79 Å². The van der Waals surface area contributed by atoms with Gasteiger partial charge in [-0.05, 0) is 48.2 Å². The van der Waals surface area contributed by atoms with Crippen molar-refractivity contribution in [1.29, 1.82) is 0 Å². The van der Waals surface area contributed by atoms with Crippen LogP contribution in [0.2, 0.25) is 0 Å². The highest BCUT2D eigenvalue weighted by Gasteiger charge is 2.28. The highest BCUT2D eigenvalue weighted by Crippen LogP contribution is 2.23. The van der Waals surface area contributed by atoms with Gasteiger partial charge in [0, 0.05) is 12.0 Å². The number of nitrogens with one attached hydrogen (secondary N) is 2. The minimum atomic E-state index is -1.13. The number of rotatable bonds is 3. The summed E-state index contributed by atoms with van der Waals surface area (Å²) < 4.78 is 5.80. The zero-order chi connectivity index (χ0) is 21.0. The number of aliphatic carboxylic acids is 1. The zero-order valence-electron chi connectivity index (χ0n) is 16.3. The largest absolute Gasteiger partial charge is 0.480 e. The van der Waals surface area contributed by atoms with Gasteiger partial charge in [-0.15, -0.1) is 0 Å². The zero-order valence-corrected chi connectivity index (χ0v) is 16.3. The van der Waals surface area contributed by atoms with Crippen LogP contribution in [0.1, 0.15) is 36.2 Å². The minimum absolute atomic E-state index is 0.122. The summed E-state index contributed by atoms with van der Waals surface area (Å²) in [5.41, 5.74) is 1.10. The van der Waals surface area contributed by atoms with Crippen molar-refractivity contribution in [3.05, 3.63) is 59.7 Å². The highest BCUT2D eigenvalue weighted by atomic mass is 16.5. The number of carboxylic acids is 1. The molecule has 2 amide bonds. The molecule has 2 aliphatic rings. The Kier molecular flexibility index (Phi) is 6.16. The maximum absolute atomic E-state index is 12.8. The van der Waals surface area contributed by atoms with E-state index in [1.165, 1.54) is 0 Å². The van der Waals surface area contributed by atoms with Crippen LogP contribution in [0, 0.1) is 5.92 Å². The molecule has 29 heavy (non-hydrogen) atoms. The maximum Gasteiger partial charge on any atom is 0.326 e. The summed E-state index contributed by atoms with van der Waals surface area (Å²) in [6.07, 6.45) is 0.506. The van der Waals surface area contributed by atoms with Gasteiger partial charge in [0.1, 0.15) is 23.6 Å². The Morgan fingerprint density at radius 3 is 2.48 bits per heavy atom. The summed E-state index contributed by atoms with van der Waals surface area (Å²) >= 11 is 0. The molecule has 0 saturated carbocycles. The molecule has 2 aromatic carbocycles. The predicted molar refractivity (Wildman–Crippen MR) is 107 cm³/mol. The van der Waals surface area contributed by atoms with Crippen molar-refractivity contribution >= 4 is 17.8 Å². The van der Waals surface area contributed by atoms with Crippen LogP contribution < -0.4 is 15.4 Å². The molecule has 4 rings (SSSR count). The molecule has 152 valence electrons. The molecule has 0 aliphatic carbocycles. The topological polar surface area (TPSA) is 105 Å². The van der Waals surface area contributed by atoms with Gasteiger partial charge in [0.25, 0.3) is 5.91 Å². The van der Waals surface area contributed by atoms with E-state index in [4.69, 9.17) is 4.74 Å². The van der Waals surface area contributed by atoms with Crippen LogP contribution in [-0.4, -0.2) is 35.0 Å². The van der Waals surface area contributed by atoms with Crippen molar-refractivity contribution in [3.8, 4) is 11.5 Å². The number of benzene rings is 2. The number of ether oxygens (including phenoxy) is 1. The van der Waals surface area contributed by atoms with Gasteiger partial charge < -0.3 is 20.5 Å². The fourth-order valence-electron chi connectivity index (χ4n) is 3.18. The third-order valence-electron chi connectivity index (χ3n) is 4.64. The minimum Gasteiger partial charge on any atom is -0.480 e. The molecular formula is C22H24N2O5. The van der Waals surface area contributed by atoms with E-state index in [2.05, 4.69) is 10.6 Å². The second kappa shape index (κ2) is 8.77. The molecular weight excluding hydrogens is 372 g/mol. The van der Waals surface area contributed by atoms with Crippen molar-refractivity contribution in [2.45, 2.75) is 38.8 Å². The Bertz CT molecular complexity index is 908. The molecule has 0 aromatic heterocycles. The average molecular weight is 396 g/mol. The van der Waals surface area contributed by atoms with Gasteiger partial charge in [-0.1, -0.05) is 32.0 Å². The monoisotopic (exact) mass is 396 g/mol.